The Bertz CT molecular complexity index is 543. The summed E-state index contributed by atoms with van der Waals surface area (Å²) in [6.45, 7) is 9.73. The van der Waals surface area contributed by atoms with Crippen LogP contribution < -0.4 is 5.32 Å². The van der Waals surface area contributed by atoms with E-state index in [4.69, 9.17) is 4.98 Å². The summed E-state index contributed by atoms with van der Waals surface area (Å²) in [4.78, 5) is 6.12. The monoisotopic (exact) mass is 288 g/mol. The van der Waals surface area contributed by atoms with E-state index < -0.39 is 0 Å². The van der Waals surface area contributed by atoms with Crippen molar-refractivity contribution in [3.05, 3.63) is 39.7 Å². The van der Waals surface area contributed by atoms with Crippen molar-refractivity contribution in [3.8, 4) is 11.3 Å². The Morgan fingerprint density at radius 3 is 2.55 bits per heavy atom. The first-order valence-electron chi connectivity index (χ1n) is 7.37. The minimum atomic E-state index is 0.590. The van der Waals surface area contributed by atoms with Crippen molar-refractivity contribution in [1.82, 2.24) is 10.3 Å². The number of thiazole rings is 1. The van der Waals surface area contributed by atoms with Crippen LogP contribution in [0, 0.1) is 13.8 Å². The van der Waals surface area contributed by atoms with Crippen LogP contribution in [0.5, 0.6) is 0 Å². The van der Waals surface area contributed by atoms with E-state index in [1.54, 1.807) is 0 Å². The van der Waals surface area contributed by atoms with E-state index >= 15 is 0 Å². The number of hydrogen-bond donors (Lipinski definition) is 1. The Balaban J connectivity index is 2.04. The van der Waals surface area contributed by atoms with Gasteiger partial charge >= 0.3 is 0 Å². The molecule has 2 nitrogen and oxygen atoms in total. The highest BCUT2D eigenvalue weighted by Crippen LogP contribution is 2.27. The van der Waals surface area contributed by atoms with Gasteiger partial charge in [-0.15, -0.1) is 11.3 Å². The van der Waals surface area contributed by atoms with Crippen LogP contribution in [0.25, 0.3) is 11.3 Å². The zero-order valence-corrected chi connectivity index (χ0v) is 13.7. The van der Waals surface area contributed by atoms with E-state index in [1.165, 1.54) is 27.4 Å². The Kier molecular flexibility index (Phi) is 5.32. The van der Waals surface area contributed by atoms with Crippen LogP contribution in [-0.2, 0) is 6.42 Å². The highest BCUT2D eigenvalue weighted by Gasteiger charge is 2.09. The van der Waals surface area contributed by atoms with Crippen molar-refractivity contribution < 1.29 is 0 Å². The molecule has 0 saturated heterocycles. The van der Waals surface area contributed by atoms with Gasteiger partial charge in [0.2, 0.25) is 0 Å². The van der Waals surface area contributed by atoms with Crippen molar-refractivity contribution in [2.75, 3.05) is 6.54 Å². The molecule has 0 bridgehead atoms. The van der Waals surface area contributed by atoms with Crippen LogP contribution >= 0.6 is 11.3 Å². The van der Waals surface area contributed by atoms with Crippen LogP contribution in [0.3, 0.4) is 0 Å². The van der Waals surface area contributed by atoms with Crippen LogP contribution in [0.4, 0.5) is 0 Å². The lowest BCUT2D eigenvalue weighted by Crippen LogP contribution is -2.27. The van der Waals surface area contributed by atoms with Gasteiger partial charge in [0.15, 0.2) is 0 Å². The molecule has 0 spiro atoms. The zero-order valence-electron chi connectivity index (χ0n) is 12.9. The highest BCUT2D eigenvalue weighted by molar-refractivity contribution is 7.12. The average molecular weight is 288 g/mol. The first-order valence-corrected chi connectivity index (χ1v) is 8.18. The van der Waals surface area contributed by atoms with Gasteiger partial charge in [0, 0.05) is 29.4 Å². The third-order valence-corrected chi connectivity index (χ3v) is 4.64. The molecular formula is C17H24N2S. The summed E-state index contributed by atoms with van der Waals surface area (Å²) in [5, 5.41) is 4.75. The van der Waals surface area contributed by atoms with E-state index in [2.05, 4.69) is 57.3 Å². The van der Waals surface area contributed by atoms with Crippen molar-refractivity contribution >= 4 is 11.3 Å². The lowest BCUT2D eigenvalue weighted by Gasteiger charge is -2.09. The minimum Gasteiger partial charge on any atom is -0.314 e. The molecule has 0 aliphatic heterocycles. The first kappa shape index (κ1) is 15.2. The molecule has 0 aliphatic carbocycles. The molecular weight excluding hydrogens is 264 g/mol. The van der Waals surface area contributed by atoms with Crippen molar-refractivity contribution in [2.45, 2.75) is 46.6 Å². The van der Waals surface area contributed by atoms with Crippen molar-refractivity contribution in [3.63, 3.8) is 0 Å². The fraction of sp³-hybridized carbons (Fsp3) is 0.471. The Labute approximate surface area is 126 Å². The van der Waals surface area contributed by atoms with Gasteiger partial charge in [-0.3, -0.25) is 0 Å². The second kappa shape index (κ2) is 7.00. The summed E-state index contributed by atoms with van der Waals surface area (Å²) in [5.41, 5.74) is 3.67. The van der Waals surface area contributed by atoms with E-state index in [0.717, 1.165) is 18.7 Å². The number of aromatic nitrogens is 1. The Morgan fingerprint density at radius 1 is 1.20 bits per heavy atom. The molecule has 1 unspecified atom stereocenters. The summed E-state index contributed by atoms with van der Waals surface area (Å²) < 4.78 is 0. The van der Waals surface area contributed by atoms with E-state index in [0.29, 0.717) is 6.04 Å². The highest BCUT2D eigenvalue weighted by atomic mass is 32.1. The Hall–Kier alpha value is -1.19. The summed E-state index contributed by atoms with van der Waals surface area (Å²) >= 11 is 1.82. The molecule has 2 aromatic rings. The molecule has 1 N–H and O–H groups in total. The molecule has 3 heteroatoms. The molecule has 1 aromatic carbocycles. The molecule has 2 rings (SSSR count). The van der Waals surface area contributed by atoms with Crippen LogP contribution in [-0.4, -0.2) is 17.6 Å². The second-order valence-corrected chi connectivity index (χ2v) is 6.68. The molecule has 1 aromatic heterocycles. The summed E-state index contributed by atoms with van der Waals surface area (Å²) in [6, 6.07) is 9.22. The topological polar surface area (TPSA) is 24.9 Å². The third kappa shape index (κ3) is 3.90. The van der Waals surface area contributed by atoms with Gasteiger partial charge in [-0.2, -0.15) is 0 Å². The number of aryl methyl sites for hydroxylation is 2. The fourth-order valence-corrected chi connectivity index (χ4v) is 3.06. The number of nitrogens with zero attached hydrogens (tertiary/aromatic N) is 1. The lowest BCUT2D eigenvalue weighted by atomic mass is 10.1. The second-order valence-electron chi connectivity index (χ2n) is 5.39. The molecule has 1 atom stereocenters. The zero-order chi connectivity index (χ0) is 14.5. The summed E-state index contributed by atoms with van der Waals surface area (Å²) in [6.07, 6.45) is 2.19. The summed E-state index contributed by atoms with van der Waals surface area (Å²) in [5.74, 6) is 0. The van der Waals surface area contributed by atoms with Crippen molar-refractivity contribution in [1.29, 1.82) is 0 Å². The number of benzene rings is 1. The molecule has 108 valence electrons. The SMILES string of the molecule is CCC(C)NCCc1nc(-c2ccc(C)cc2)c(C)s1. The molecule has 0 fully saturated rings. The average Bonchev–Trinajstić information content (AvgIpc) is 2.80. The maximum absolute atomic E-state index is 4.81. The number of hydrogen-bond acceptors (Lipinski definition) is 3. The van der Waals surface area contributed by atoms with Gasteiger partial charge in [0.05, 0.1) is 10.7 Å². The molecule has 0 radical (unpaired) electrons. The van der Waals surface area contributed by atoms with Gasteiger partial charge in [0.1, 0.15) is 0 Å². The van der Waals surface area contributed by atoms with E-state index in [1.807, 2.05) is 11.3 Å². The van der Waals surface area contributed by atoms with Gasteiger partial charge in [-0.05, 0) is 27.2 Å². The van der Waals surface area contributed by atoms with Crippen LogP contribution in [0.2, 0.25) is 0 Å². The predicted octanol–water partition coefficient (Wildman–Crippen LogP) is 4.36. The van der Waals surface area contributed by atoms with Gasteiger partial charge in [-0.1, -0.05) is 36.8 Å². The molecule has 0 saturated carbocycles. The van der Waals surface area contributed by atoms with E-state index in [-0.39, 0.29) is 0 Å². The number of rotatable bonds is 6. The molecule has 0 amide bonds. The van der Waals surface area contributed by atoms with Gasteiger partial charge in [0.25, 0.3) is 0 Å². The standard InChI is InChI=1S/C17H24N2S/c1-5-13(3)18-11-10-16-19-17(14(4)20-16)15-8-6-12(2)7-9-15/h6-9,13,18H,5,10-11H2,1-4H3. The van der Waals surface area contributed by atoms with Gasteiger partial charge in [-0.25, -0.2) is 4.98 Å². The third-order valence-electron chi connectivity index (χ3n) is 3.61. The van der Waals surface area contributed by atoms with Crippen LogP contribution in [0.1, 0.15) is 35.7 Å². The van der Waals surface area contributed by atoms with Crippen molar-refractivity contribution in [2.24, 2.45) is 0 Å². The predicted molar refractivity (Wildman–Crippen MR) is 88.5 cm³/mol. The smallest absolute Gasteiger partial charge is 0.0948 e. The molecule has 0 aliphatic rings. The minimum absolute atomic E-state index is 0.590. The van der Waals surface area contributed by atoms with Gasteiger partial charge < -0.3 is 5.32 Å². The Morgan fingerprint density at radius 2 is 1.90 bits per heavy atom. The lowest BCUT2D eigenvalue weighted by molar-refractivity contribution is 0.537. The molecule has 1 heterocycles. The number of nitrogens with one attached hydrogen (secondary N) is 1. The fourth-order valence-electron chi connectivity index (χ4n) is 2.11. The first-order chi connectivity index (χ1) is 9.60. The van der Waals surface area contributed by atoms with Crippen LogP contribution in [0.15, 0.2) is 24.3 Å². The maximum Gasteiger partial charge on any atom is 0.0948 e. The van der Waals surface area contributed by atoms with E-state index in [9.17, 15) is 0 Å². The molecule has 20 heavy (non-hydrogen) atoms. The normalized spacial score (nSPS) is 12.6. The summed E-state index contributed by atoms with van der Waals surface area (Å²) in [7, 11) is 0. The maximum atomic E-state index is 4.81. The largest absolute Gasteiger partial charge is 0.314 e. The quantitative estimate of drug-likeness (QED) is 0.854.